The fourth-order valence-corrected chi connectivity index (χ4v) is 3.84. The molecule has 1 aliphatic heterocycles. The molecule has 2 N–H and O–H groups in total. The van der Waals surface area contributed by atoms with Gasteiger partial charge in [0.2, 0.25) is 0 Å². The van der Waals surface area contributed by atoms with E-state index in [1.165, 1.54) is 5.56 Å². The number of nitrogens with zero attached hydrogens (tertiary/aromatic N) is 1. The summed E-state index contributed by atoms with van der Waals surface area (Å²) in [5.74, 6) is 0.508. The van der Waals surface area contributed by atoms with Crippen LogP contribution in [0.25, 0.3) is 0 Å². The number of hydrogen-bond donors (Lipinski definition) is 2. The van der Waals surface area contributed by atoms with Gasteiger partial charge < -0.3 is 14.9 Å². The lowest BCUT2D eigenvalue weighted by Crippen LogP contribution is -2.43. The van der Waals surface area contributed by atoms with Crippen molar-refractivity contribution in [1.82, 2.24) is 4.90 Å². The molecule has 0 aliphatic carbocycles. The van der Waals surface area contributed by atoms with Gasteiger partial charge in [-0.15, -0.1) is 0 Å². The first kappa shape index (κ1) is 18.7. The molecule has 144 valence electrons. The molecule has 0 saturated carbocycles. The minimum Gasteiger partial charge on any atom is -0.504 e. The minimum atomic E-state index is -0.0824. The van der Waals surface area contributed by atoms with Crippen molar-refractivity contribution >= 4 is 11.6 Å². The standard InChI is InChI=1S/C23H22ClNO3/c24-20-8-4-5-9-23(20)28-15-19-10-17-11-21(26)22(27)12-18(17)14-25(19)13-16-6-2-1-3-7-16/h1-9,11-12,19,26-27H,10,13-15H2. The normalized spacial score (nSPS) is 16.5. The number of phenolic OH excluding ortho intramolecular Hbond substituents is 2. The largest absolute Gasteiger partial charge is 0.504 e. The molecular formula is C23H22ClNO3. The van der Waals surface area contributed by atoms with Gasteiger partial charge in [0.05, 0.1) is 5.02 Å². The second-order valence-corrected chi connectivity index (χ2v) is 7.51. The van der Waals surface area contributed by atoms with Gasteiger partial charge in [-0.05, 0) is 47.4 Å². The summed E-state index contributed by atoms with van der Waals surface area (Å²) in [5, 5.41) is 20.4. The third-order valence-electron chi connectivity index (χ3n) is 5.14. The molecule has 0 bridgehead atoms. The molecule has 0 spiro atoms. The van der Waals surface area contributed by atoms with Crippen molar-refractivity contribution in [3.63, 3.8) is 0 Å². The van der Waals surface area contributed by atoms with Crippen LogP contribution in [0.4, 0.5) is 0 Å². The topological polar surface area (TPSA) is 52.9 Å². The Morgan fingerprint density at radius 3 is 2.36 bits per heavy atom. The van der Waals surface area contributed by atoms with Crippen molar-refractivity contribution in [3.8, 4) is 17.2 Å². The van der Waals surface area contributed by atoms with Gasteiger partial charge in [0, 0.05) is 19.1 Å². The molecule has 28 heavy (non-hydrogen) atoms. The van der Waals surface area contributed by atoms with E-state index >= 15 is 0 Å². The van der Waals surface area contributed by atoms with Crippen molar-refractivity contribution in [2.45, 2.75) is 25.6 Å². The van der Waals surface area contributed by atoms with Crippen molar-refractivity contribution in [1.29, 1.82) is 0 Å². The first-order valence-electron chi connectivity index (χ1n) is 9.29. The smallest absolute Gasteiger partial charge is 0.157 e. The predicted octanol–water partition coefficient (Wildman–Crippen LogP) is 4.76. The van der Waals surface area contributed by atoms with E-state index < -0.39 is 0 Å². The van der Waals surface area contributed by atoms with E-state index in [2.05, 4.69) is 17.0 Å². The SMILES string of the molecule is Oc1cc2c(cc1O)CN(Cc1ccccc1)C(COc1ccccc1Cl)C2. The van der Waals surface area contributed by atoms with Gasteiger partial charge in [0.25, 0.3) is 0 Å². The highest BCUT2D eigenvalue weighted by atomic mass is 35.5. The van der Waals surface area contributed by atoms with E-state index in [4.69, 9.17) is 16.3 Å². The zero-order valence-corrected chi connectivity index (χ0v) is 16.1. The van der Waals surface area contributed by atoms with E-state index in [1.54, 1.807) is 12.1 Å². The highest BCUT2D eigenvalue weighted by Gasteiger charge is 2.28. The van der Waals surface area contributed by atoms with Gasteiger partial charge in [-0.25, -0.2) is 0 Å². The highest BCUT2D eigenvalue weighted by molar-refractivity contribution is 6.32. The van der Waals surface area contributed by atoms with Crippen LogP contribution in [0, 0.1) is 0 Å². The molecule has 0 radical (unpaired) electrons. The van der Waals surface area contributed by atoms with Gasteiger partial charge in [-0.1, -0.05) is 54.1 Å². The Hall–Kier alpha value is -2.69. The van der Waals surface area contributed by atoms with Crippen LogP contribution in [0.2, 0.25) is 5.02 Å². The first-order chi connectivity index (χ1) is 13.6. The maximum atomic E-state index is 9.89. The summed E-state index contributed by atoms with van der Waals surface area (Å²) < 4.78 is 6.03. The summed E-state index contributed by atoms with van der Waals surface area (Å²) in [6, 6.07) is 21.2. The molecule has 3 aromatic carbocycles. The van der Waals surface area contributed by atoms with Crippen LogP contribution >= 0.6 is 11.6 Å². The number of halogens is 1. The average molecular weight is 396 g/mol. The zero-order chi connectivity index (χ0) is 19.5. The quantitative estimate of drug-likeness (QED) is 0.612. The second kappa shape index (κ2) is 8.13. The van der Waals surface area contributed by atoms with Gasteiger partial charge in [0.15, 0.2) is 11.5 Å². The summed E-state index contributed by atoms with van der Waals surface area (Å²) in [4.78, 5) is 2.34. The highest BCUT2D eigenvalue weighted by Crippen LogP contribution is 2.34. The van der Waals surface area contributed by atoms with Crippen LogP contribution < -0.4 is 4.74 Å². The van der Waals surface area contributed by atoms with Crippen molar-refractivity contribution in [3.05, 3.63) is 88.4 Å². The number of phenols is 2. The van der Waals surface area contributed by atoms with Gasteiger partial charge in [-0.3, -0.25) is 4.90 Å². The fourth-order valence-electron chi connectivity index (χ4n) is 3.65. The Labute approximate surface area is 169 Å². The number of aromatic hydroxyl groups is 2. The molecule has 0 aromatic heterocycles. The number of benzene rings is 3. The number of hydrogen-bond acceptors (Lipinski definition) is 4. The zero-order valence-electron chi connectivity index (χ0n) is 15.4. The van der Waals surface area contributed by atoms with E-state index in [9.17, 15) is 10.2 Å². The van der Waals surface area contributed by atoms with E-state index in [1.807, 2.05) is 42.5 Å². The molecule has 0 saturated heterocycles. The molecule has 0 fully saturated rings. The third kappa shape index (κ3) is 4.08. The number of para-hydroxylation sites is 1. The van der Waals surface area contributed by atoms with Crippen molar-refractivity contribution in [2.75, 3.05) is 6.61 Å². The Morgan fingerprint density at radius 1 is 0.929 bits per heavy atom. The van der Waals surface area contributed by atoms with E-state index in [0.29, 0.717) is 23.9 Å². The molecule has 1 aliphatic rings. The monoisotopic (exact) mass is 395 g/mol. The molecule has 1 unspecified atom stereocenters. The maximum absolute atomic E-state index is 9.89. The molecule has 3 aromatic rings. The van der Waals surface area contributed by atoms with Gasteiger partial charge in [0.1, 0.15) is 12.4 Å². The second-order valence-electron chi connectivity index (χ2n) is 7.10. The summed E-state index contributed by atoms with van der Waals surface area (Å²) in [6.45, 7) is 1.94. The lowest BCUT2D eigenvalue weighted by molar-refractivity contribution is 0.109. The Bertz CT molecular complexity index is 961. The first-order valence-corrected chi connectivity index (χ1v) is 9.67. The van der Waals surface area contributed by atoms with Crippen LogP contribution in [0.15, 0.2) is 66.7 Å². The molecule has 5 heteroatoms. The lowest BCUT2D eigenvalue weighted by Gasteiger charge is -2.37. The Kier molecular flexibility index (Phi) is 5.42. The maximum Gasteiger partial charge on any atom is 0.157 e. The van der Waals surface area contributed by atoms with Crippen molar-refractivity contribution in [2.24, 2.45) is 0 Å². The van der Waals surface area contributed by atoms with Crippen LogP contribution in [0.1, 0.15) is 16.7 Å². The predicted molar refractivity (Wildman–Crippen MR) is 110 cm³/mol. The fraction of sp³-hybridized carbons (Fsp3) is 0.217. The summed E-state index contributed by atoms with van der Waals surface area (Å²) >= 11 is 6.23. The number of rotatable bonds is 5. The van der Waals surface area contributed by atoms with Gasteiger partial charge >= 0.3 is 0 Å². The van der Waals surface area contributed by atoms with Crippen LogP contribution in [0.3, 0.4) is 0 Å². The van der Waals surface area contributed by atoms with Crippen LogP contribution in [0.5, 0.6) is 17.2 Å². The summed E-state index contributed by atoms with van der Waals surface area (Å²) in [5.41, 5.74) is 3.28. The molecule has 4 nitrogen and oxygen atoms in total. The third-order valence-corrected chi connectivity index (χ3v) is 5.45. The Morgan fingerprint density at radius 2 is 1.61 bits per heavy atom. The summed E-state index contributed by atoms with van der Waals surface area (Å²) in [6.07, 6.45) is 0.723. The number of fused-ring (bicyclic) bond motifs is 1. The molecule has 0 amide bonds. The van der Waals surface area contributed by atoms with Crippen LogP contribution in [-0.4, -0.2) is 27.8 Å². The van der Waals surface area contributed by atoms with E-state index in [-0.39, 0.29) is 17.5 Å². The van der Waals surface area contributed by atoms with Crippen LogP contribution in [-0.2, 0) is 19.5 Å². The average Bonchev–Trinajstić information content (AvgIpc) is 2.70. The Balaban J connectivity index is 1.58. The molecular weight excluding hydrogens is 374 g/mol. The molecule has 1 atom stereocenters. The number of ether oxygens (including phenoxy) is 1. The van der Waals surface area contributed by atoms with Crippen molar-refractivity contribution < 1.29 is 14.9 Å². The molecule has 4 rings (SSSR count). The molecule has 1 heterocycles. The summed E-state index contributed by atoms with van der Waals surface area (Å²) in [7, 11) is 0. The lowest BCUT2D eigenvalue weighted by atomic mass is 9.93. The van der Waals surface area contributed by atoms with E-state index in [0.717, 1.165) is 24.1 Å². The minimum absolute atomic E-state index is 0.0795. The van der Waals surface area contributed by atoms with Gasteiger partial charge in [-0.2, -0.15) is 0 Å².